The molecule has 180 valence electrons. The summed E-state index contributed by atoms with van der Waals surface area (Å²) in [6.45, 7) is 1.63. The third kappa shape index (κ3) is 4.89. The third-order valence-corrected chi connectivity index (χ3v) is 7.07. The van der Waals surface area contributed by atoms with Crippen LogP contribution in [0.2, 0.25) is 0 Å². The first-order chi connectivity index (χ1) is 16.4. The van der Waals surface area contributed by atoms with Crippen molar-refractivity contribution in [2.24, 2.45) is 0 Å². The van der Waals surface area contributed by atoms with Gasteiger partial charge in [-0.25, -0.2) is 0 Å². The molecule has 0 spiro atoms. The Kier molecular flexibility index (Phi) is 6.20. The molecule has 0 bridgehead atoms. The zero-order valence-electron chi connectivity index (χ0n) is 18.7. The van der Waals surface area contributed by atoms with Crippen molar-refractivity contribution >= 4 is 22.6 Å². The van der Waals surface area contributed by atoms with Gasteiger partial charge in [-0.2, -0.15) is 18.3 Å². The van der Waals surface area contributed by atoms with Crippen LogP contribution in [0.25, 0.3) is 10.9 Å². The Morgan fingerprint density at radius 2 is 1.79 bits per heavy atom. The maximum atomic E-state index is 13.0. The zero-order valence-corrected chi connectivity index (χ0v) is 18.7. The molecule has 2 aromatic carbocycles. The van der Waals surface area contributed by atoms with E-state index < -0.39 is 11.7 Å². The summed E-state index contributed by atoms with van der Waals surface area (Å²) in [6.07, 6.45) is 0.304. The van der Waals surface area contributed by atoms with E-state index >= 15 is 0 Å². The molecule has 1 aliphatic heterocycles. The number of hydrogen-bond acceptors (Lipinski definition) is 4. The minimum absolute atomic E-state index is 0.0467. The predicted molar refractivity (Wildman–Crippen MR) is 125 cm³/mol. The maximum Gasteiger partial charge on any atom is 0.416 e. The van der Waals surface area contributed by atoms with E-state index in [2.05, 4.69) is 56.1 Å². The van der Waals surface area contributed by atoms with Gasteiger partial charge in [-0.05, 0) is 55.4 Å². The van der Waals surface area contributed by atoms with Crippen LogP contribution in [0.4, 0.5) is 19.0 Å². The Labute approximate surface area is 195 Å². The van der Waals surface area contributed by atoms with E-state index in [9.17, 15) is 18.0 Å². The van der Waals surface area contributed by atoms with Gasteiger partial charge in [-0.1, -0.05) is 30.3 Å². The predicted octanol–water partition coefficient (Wildman–Crippen LogP) is 4.52. The fourth-order valence-electron chi connectivity index (χ4n) is 5.17. The largest absolute Gasteiger partial charge is 0.416 e. The lowest BCUT2D eigenvalue weighted by molar-refractivity contribution is -0.137. The number of anilines is 1. The smallest absolute Gasteiger partial charge is 0.359 e. The van der Waals surface area contributed by atoms with E-state index in [-0.39, 0.29) is 24.3 Å². The first-order valence-corrected chi connectivity index (χ1v) is 11.7. The Morgan fingerprint density at radius 3 is 2.50 bits per heavy atom. The number of amides is 1. The van der Waals surface area contributed by atoms with Crippen molar-refractivity contribution in [2.45, 2.75) is 49.9 Å². The number of aromatic nitrogens is 2. The molecule has 1 aliphatic carbocycles. The molecule has 34 heavy (non-hydrogen) atoms. The van der Waals surface area contributed by atoms with Crippen LogP contribution >= 0.6 is 0 Å². The van der Waals surface area contributed by atoms with Crippen LogP contribution < -0.4 is 10.6 Å². The van der Waals surface area contributed by atoms with Gasteiger partial charge in [0.15, 0.2) is 5.82 Å². The summed E-state index contributed by atoms with van der Waals surface area (Å²) < 4.78 is 39.0. The molecule has 0 atom stereocenters. The van der Waals surface area contributed by atoms with Crippen LogP contribution in [-0.2, 0) is 11.0 Å². The molecular weight excluding hydrogens is 443 g/mol. The first-order valence-electron chi connectivity index (χ1n) is 11.7. The molecule has 1 saturated carbocycles. The summed E-state index contributed by atoms with van der Waals surface area (Å²) in [7, 11) is 0. The molecule has 0 radical (unpaired) electrons. The van der Waals surface area contributed by atoms with Crippen molar-refractivity contribution < 1.29 is 18.0 Å². The van der Waals surface area contributed by atoms with E-state index in [0.717, 1.165) is 25.2 Å². The van der Waals surface area contributed by atoms with Crippen molar-refractivity contribution in [2.75, 3.05) is 25.0 Å². The second kappa shape index (κ2) is 9.29. The second-order valence-corrected chi connectivity index (χ2v) is 9.32. The van der Waals surface area contributed by atoms with Gasteiger partial charge < -0.3 is 10.6 Å². The SMILES string of the molecule is O=C(CNc1n[nH]c2ccc(C(F)(F)F)cc12)NC1CN(C2CCC(c3ccccc3)CC2)C1. The van der Waals surface area contributed by atoms with Gasteiger partial charge in [-0.15, -0.1) is 0 Å². The number of nitrogens with one attached hydrogen (secondary N) is 3. The van der Waals surface area contributed by atoms with Crippen LogP contribution in [0.5, 0.6) is 0 Å². The van der Waals surface area contributed by atoms with E-state index in [1.165, 1.54) is 37.3 Å². The summed E-state index contributed by atoms with van der Waals surface area (Å²) in [5.41, 5.74) is 1.16. The molecule has 3 aromatic rings. The molecule has 5 rings (SSSR count). The number of alkyl halides is 3. The lowest BCUT2D eigenvalue weighted by Crippen LogP contribution is -2.63. The van der Waals surface area contributed by atoms with Crippen molar-refractivity contribution in [3.05, 3.63) is 59.7 Å². The molecule has 1 saturated heterocycles. The van der Waals surface area contributed by atoms with Gasteiger partial charge in [0.2, 0.25) is 5.91 Å². The fraction of sp³-hybridized carbons (Fsp3) is 0.440. The average Bonchev–Trinajstić information content (AvgIpc) is 3.22. The van der Waals surface area contributed by atoms with Crippen LogP contribution in [0, 0.1) is 0 Å². The quantitative estimate of drug-likeness (QED) is 0.494. The van der Waals surface area contributed by atoms with E-state index in [1.54, 1.807) is 0 Å². The average molecular weight is 472 g/mol. The van der Waals surface area contributed by atoms with E-state index in [1.807, 2.05) is 0 Å². The van der Waals surface area contributed by atoms with Gasteiger partial charge in [0.1, 0.15) is 0 Å². The maximum absolute atomic E-state index is 13.0. The summed E-state index contributed by atoms with van der Waals surface area (Å²) in [5.74, 6) is 0.688. The number of rotatable bonds is 6. The van der Waals surface area contributed by atoms with Gasteiger partial charge >= 0.3 is 6.18 Å². The minimum atomic E-state index is -4.43. The Bertz CT molecular complexity index is 1130. The number of carbonyl (C=O) groups excluding carboxylic acids is 1. The number of likely N-dealkylation sites (tertiary alicyclic amines) is 1. The number of carbonyl (C=O) groups is 1. The number of nitrogens with zero attached hydrogens (tertiary/aromatic N) is 2. The van der Waals surface area contributed by atoms with E-state index in [0.29, 0.717) is 22.9 Å². The van der Waals surface area contributed by atoms with Crippen molar-refractivity contribution in [3.63, 3.8) is 0 Å². The highest BCUT2D eigenvalue weighted by Gasteiger charge is 2.35. The molecule has 1 aromatic heterocycles. The molecule has 2 heterocycles. The fourth-order valence-corrected chi connectivity index (χ4v) is 5.17. The zero-order chi connectivity index (χ0) is 23.7. The third-order valence-electron chi connectivity index (χ3n) is 7.07. The van der Waals surface area contributed by atoms with Gasteiger partial charge in [0.05, 0.1) is 23.7 Å². The summed E-state index contributed by atoms with van der Waals surface area (Å²) in [5, 5.41) is 12.9. The molecule has 1 amide bonds. The number of fused-ring (bicyclic) bond motifs is 1. The minimum Gasteiger partial charge on any atom is -0.359 e. The number of halogens is 3. The molecule has 3 N–H and O–H groups in total. The second-order valence-electron chi connectivity index (χ2n) is 9.32. The molecule has 2 fully saturated rings. The van der Waals surface area contributed by atoms with Gasteiger partial charge in [0, 0.05) is 24.5 Å². The highest BCUT2D eigenvalue weighted by atomic mass is 19.4. The Balaban J connectivity index is 1.06. The lowest BCUT2D eigenvalue weighted by atomic mass is 9.80. The van der Waals surface area contributed by atoms with Crippen LogP contribution in [0.1, 0.15) is 42.7 Å². The first kappa shape index (κ1) is 22.7. The molecule has 0 unspecified atom stereocenters. The van der Waals surface area contributed by atoms with Crippen LogP contribution in [0.3, 0.4) is 0 Å². The molecule has 9 heteroatoms. The van der Waals surface area contributed by atoms with E-state index in [4.69, 9.17) is 0 Å². The molecule has 2 aliphatic rings. The Hall–Kier alpha value is -3.07. The lowest BCUT2D eigenvalue weighted by Gasteiger charge is -2.46. The number of H-pyrrole nitrogens is 1. The van der Waals surface area contributed by atoms with Gasteiger partial charge in [-0.3, -0.25) is 14.8 Å². The molecular formula is C25H28F3N5O. The van der Waals surface area contributed by atoms with Crippen molar-refractivity contribution in [3.8, 4) is 0 Å². The van der Waals surface area contributed by atoms with Crippen LogP contribution in [0.15, 0.2) is 48.5 Å². The standard InChI is InChI=1S/C25H28F3N5O/c26-25(27,28)18-8-11-22-21(12-18)24(32-31-22)29-13-23(34)30-19-14-33(15-19)20-9-6-17(7-10-20)16-4-2-1-3-5-16/h1-5,8,11-12,17,19-20H,6-7,9-10,13-15H2,(H,30,34)(H2,29,31,32). The van der Waals surface area contributed by atoms with Crippen LogP contribution in [-0.4, -0.2) is 52.7 Å². The number of aromatic amines is 1. The normalized spacial score (nSPS) is 21.9. The van der Waals surface area contributed by atoms with Crippen molar-refractivity contribution in [1.82, 2.24) is 20.4 Å². The summed E-state index contributed by atoms with van der Waals surface area (Å²) >= 11 is 0. The highest BCUT2D eigenvalue weighted by molar-refractivity contribution is 5.92. The number of benzene rings is 2. The number of hydrogen-bond donors (Lipinski definition) is 3. The highest BCUT2D eigenvalue weighted by Crippen LogP contribution is 2.36. The molecule has 6 nitrogen and oxygen atoms in total. The Morgan fingerprint density at radius 1 is 1.06 bits per heavy atom. The monoisotopic (exact) mass is 471 g/mol. The summed E-state index contributed by atoms with van der Waals surface area (Å²) in [4.78, 5) is 14.8. The topological polar surface area (TPSA) is 73.0 Å². The van der Waals surface area contributed by atoms with Crippen molar-refractivity contribution in [1.29, 1.82) is 0 Å². The summed E-state index contributed by atoms with van der Waals surface area (Å²) in [6, 6.07) is 14.8. The van der Waals surface area contributed by atoms with Gasteiger partial charge in [0.25, 0.3) is 0 Å².